The highest BCUT2D eigenvalue weighted by Crippen LogP contribution is 2.19. The number of esters is 1. The molecule has 142 valence electrons. The Balaban J connectivity index is 1.76. The quantitative estimate of drug-likeness (QED) is 0.747. The van der Waals surface area contributed by atoms with Gasteiger partial charge in [0, 0.05) is 18.2 Å². The topological polar surface area (TPSA) is 84.9 Å². The Kier molecular flexibility index (Phi) is 7.44. The zero-order chi connectivity index (χ0) is 18.9. The van der Waals surface area contributed by atoms with Gasteiger partial charge in [0.2, 0.25) is 0 Å². The number of carbonyl (C=O) groups excluding carboxylic acids is 3. The van der Waals surface area contributed by atoms with Crippen LogP contribution in [-0.4, -0.2) is 55.5 Å². The number of methoxy groups -OCH3 is 1. The van der Waals surface area contributed by atoms with Gasteiger partial charge in [0.1, 0.15) is 12.3 Å². The first kappa shape index (κ1) is 19.8. The molecule has 1 heterocycles. The van der Waals surface area contributed by atoms with Crippen LogP contribution in [0.1, 0.15) is 43.0 Å². The van der Waals surface area contributed by atoms with Crippen LogP contribution in [0.15, 0.2) is 24.3 Å². The molecule has 1 aliphatic heterocycles. The lowest BCUT2D eigenvalue weighted by molar-refractivity contribution is -0.152. The first-order valence-electron chi connectivity index (χ1n) is 8.92. The molecule has 0 radical (unpaired) electrons. The van der Waals surface area contributed by atoms with E-state index in [-0.39, 0.29) is 25.1 Å². The lowest BCUT2D eigenvalue weighted by atomic mass is 10.00. The van der Waals surface area contributed by atoms with E-state index in [2.05, 4.69) is 12.2 Å². The van der Waals surface area contributed by atoms with E-state index < -0.39 is 11.9 Å². The summed E-state index contributed by atoms with van der Waals surface area (Å²) in [5, 5.41) is 2.48. The number of ether oxygens (including phenoxy) is 2. The molecular weight excluding hydrogens is 336 g/mol. The number of rotatable bonds is 7. The number of carbonyl (C=O) groups is 3. The molecule has 1 saturated heterocycles. The summed E-state index contributed by atoms with van der Waals surface area (Å²) in [4.78, 5) is 37.9. The van der Waals surface area contributed by atoms with Crippen molar-refractivity contribution in [1.82, 2.24) is 10.2 Å². The highest BCUT2D eigenvalue weighted by Gasteiger charge is 2.25. The normalized spacial score (nSPS) is 16.7. The Morgan fingerprint density at radius 2 is 2.08 bits per heavy atom. The van der Waals surface area contributed by atoms with Gasteiger partial charge >= 0.3 is 5.97 Å². The van der Waals surface area contributed by atoms with Gasteiger partial charge in [-0.2, -0.15) is 0 Å². The molecule has 7 heteroatoms. The van der Waals surface area contributed by atoms with Crippen LogP contribution in [0.2, 0.25) is 0 Å². The molecule has 1 aromatic rings. The molecule has 0 unspecified atom stereocenters. The van der Waals surface area contributed by atoms with Crippen LogP contribution in [0.5, 0.6) is 5.75 Å². The number of hydrogen-bond acceptors (Lipinski definition) is 5. The van der Waals surface area contributed by atoms with Crippen LogP contribution in [0.25, 0.3) is 0 Å². The summed E-state index contributed by atoms with van der Waals surface area (Å²) in [5.74, 6) is -0.671. The Morgan fingerprint density at radius 1 is 1.27 bits per heavy atom. The van der Waals surface area contributed by atoms with Gasteiger partial charge in [-0.25, -0.2) is 0 Å². The average molecular weight is 362 g/mol. The molecule has 2 rings (SSSR count). The Hall–Kier alpha value is -2.57. The van der Waals surface area contributed by atoms with Crippen molar-refractivity contribution in [2.75, 3.05) is 26.8 Å². The van der Waals surface area contributed by atoms with E-state index in [0.717, 1.165) is 25.7 Å². The van der Waals surface area contributed by atoms with Crippen LogP contribution >= 0.6 is 0 Å². The third-order valence-electron chi connectivity index (χ3n) is 4.50. The van der Waals surface area contributed by atoms with Gasteiger partial charge < -0.3 is 19.7 Å². The van der Waals surface area contributed by atoms with E-state index in [1.807, 2.05) is 0 Å². The van der Waals surface area contributed by atoms with Crippen LogP contribution in [0.3, 0.4) is 0 Å². The fraction of sp³-hybridized carbons (Fsp3) is 0.526. The van der Waals surface area contributed by atoms with E-state index in [4.69, 9.17) is 9.47 Å². The zero-order valence-corrected chi connectivity index (χ0v) is 15.3. The molecule has 0 bridgehead atoms. The molecule has 26 heavy (non-hydrogen) atoms. The Bertz CT molecular complexity index is 647. The van der Waals surface area contributed by atoms with Crippen molar-refractivity contribution in [1.29, 1.82) is 0 Å². The molecule has 2 amide bonds. The minimum atomic E-state index is -0.639. The van der Waals surface area contributed by atoms with Crippen molar-refractivity contribution < 1.29 is 23.9 Å². The van der Waals surface area contributed by atoms with Gasteiger partial charge in [0.15, 0.2) is 6.61 Å². The maximum atomic E-state index is 12.2. The standard InChI is InChI=1S/C19H26N2O5/c1-3-15-8-4-5-10-21(15)17(22)13-26-18(23)12-20-19(24)14-7-6-9-16(11-14)25-2/h6-7,9,11,15H,3-5,8,10,12-13H2,1-2H3,(H,20,24)/t15-/m1/s1. The van der Waals surface area contributed by atoms with E-state index >= 15 is 0 Å². The second-order valence-electron chi connectivity index (χ2n) is 6.22. The smallest absolute Gasteiger partial charge is 0.325 e. The number of amides is 2. The summed E-state index contributed by atoms with van der Waals surface area (Å²) in [6, 6.07) is 6.83. The van der Waals surface area contributed by atoms with Crippen LogP contribution in [0, 0.1) is 0 Å². The summed E-state index contributed by atoms with van der Waals surface area (Å²) in [5.41, 5.74) is 0.382. The van der Waals surface area contributed by atoms with E-state index in [1.165, 1.54) is 7.11 Å². The van der Waals surface area contributed by atoms with E-state index in [0.29, 0.717) is 17.9 Å². The largest absolute Gasteiger partial charge is 0.497 e. The number of hydrogen-bond donors (Lipinski definition) is 1. The summed E-state index contributed by atoms with van der Waals surface area (Å²) in [6.45, 7) is 2.18. The Labute approximate surface area is 153 Å². The highest BCUT2D eigenvalue weighted by atomic mass is 16.5. The average Bonchev–Trinajstić information content (AvgIpc) is 2.70. The maximum absolute atomic E-state index is 12.2. The van der Waals surface area contributed by atoms with Gasteiger partial charge in [0.05, 0.1) is 7.11 Å². The molecule has 0 saturated carbocycles. The molecule has 1 N–H and O–H groups in total. The van der Waals surface area contributed by atoms with E-state index in [1.54, 1.807) is 29.2 Å². The van der Waals surface area contributed by atoms with Crippen LogP contribution < -0.4 is 10.1 Å². The number of nitrogens with one attached hydrogen (secondary N) is 1. The maximum Gasteiger partial charge on any atom is 0.325 e. The monoisotopic (exact) mass is 362 g/mol. The summed E-state index contributed by atoms with van der Waals surface area (Å²) in [6.07, 6.45) is 3.99. The molecule has 1 aliphatic rings. The summed E-state index contributed by atoms with van der Waals surface area (Å²) < 4.78 is 10.1. The highest BCUT2D eigenvalue weighted by molar-refractivity contribution is 5.96. The van der Waals surface area contributed by atoms with Gasteiger partial charge in [-0.05, 0) is 43.9 Å². The summed E-state index contributed by atoms with van der Waals surface area (Å²) in [7, 11) is 1.51. The van der Waals surface area contributed by atoms with Crippen LogP contribution in [0.4, 0.5) is 0 Å². The lowest BCUT2D eigenvalue weighted by Crippen LogP contribution is -2.45. The fourth-order valence-corrected chi connectivity index (χ4v) is 3.05. The van der Waals surface area contributed by atoms with Crippen molar-refractivity contribution in [2.45, 2.75) is 38.6 Å². The molecule has 0 aliphatic carbocycles. The number of piperidine rings is 1. The second kappa shape index (κ2) is 9.79. The third-order valence-corrected chi connectivity index (χ3v) is 4.50. The Morgan fingerprint density at radius 3 is 2.81 bits per heavy atom. The minimum Gasteiger partial charge on any atom is -0.497 e. The van der Waals surface area contributed by atoms with Crippen molar-refractivity contribution in [2.24, 2.45) is 0 Å². The lowest BCUT2D eigenvalue weighted by Gasteiger charge is -2.35. The van der Waals surface area contributed by atoms with Gasteiger partial charge in [-0.3, -0.25) is 14.4 Å². The predicted molar refractivity (Wildman–Crippen MR) is 95.9 cm³/mol. The van der Waals surface area contributed by atoms with Crippen molar-refractivity contribution in [3.05, 3.63) is 29.8 Å². The summed E-state index contributed by atoms with van der Waals surface area (Å²) >= 11 is 0. The molecule has 1 atom stereocenters. The van der Waals surface area contributed by atoms with Crippen molar-refractivity contribution in [3.8, 4) is 5.75 Å². The van der Waals surface area contributed by atoms with E-state index in [9.17, 15) is 14.4 Å². The minimum absolute atomic E-state index is 0.177. The van der Waals surface area contributed by atoms with Crippen molar-refractivity contribution in [3.63, 3.8) is 0 Å². The SMILES string of the molecule is CC[C@@H]1CCCCN1C(=O)COC(=O)CNC(=O)c1cccc(OC)c1. The molecule has 1 aromatic carbocycles. The molecule has 0 aromatic heterocycles. The molecule has 7 nitrogen and oxygen atoms in total. The number of nitrogens with zero attached hydrogens (tertiary/aromatic N) is 1. The molecule has 1 fully saturated rings. The molecular formula is C19H26N2O5. The van der Waals surface area contributed by atoms with Crippen LogP contribution in [-0.2, 0) is 14.3 Å². The number of benzene rings is 1. The van der Waals surface area contributed by atoms with Crippen molar-refractivity contribution >= 4 is 17.8 Å². The first-order chi connectivity index (χ1) is 12.5. The van der Waals surface area contributed by atoms with Gasteiger partial charge in [-0.1, -0.05) is 13.0 Å². The van der Waals surface area contributed by atoms with Gasteiger partial charge in [-0.15, -0.1) is 0 Å². The second-order valence-corrected chi connectivity index (χ2v) is 6.22. The predicted octanol–water partition coefficient (Wildman–Crippen LogP) is 1.76. The van der Waals surface area contributed by atoms with Gasteiger partial charge in [0.25, 0.3) is 11.8 Å². The first-order valence-corrected chi connectivity index (χ1v) is 8.92. The third kappa shape index (κ3) is 5.47. The number of likely N-dealkylation sites (tertiary alicyclic amines) is 1. The zero-order valence-electron chi connectivity index (χ0n) is 15.3. The molecule has 0 spiro atoms. The fourth-order valence-electron chi connectivity index (χ4n) is 3.05.